The maximum Gasteiger partial charge on any atom is 0.211 e. The third kappa shape index (κ3) is 7.00. The van der Waals surface area contributed by atoms with Crippen LogP contribution in [-0.4, -0.2) is 40.2 Å². The number of hydrogen-bond donors (Lipinski definition) is 4. The number of hydrogen-bond acceptors (Lipinski definition) is 6. The Kier molecular flexibility index (Phi) is 8.78. The van der Waals surface area contributed by atoms with Crippen LogP contribution in [0.5, 0.6) is 5.75 Å². The molecular formula is C21H28FN5O2. The number of rotatable bonds is 7. The van der Waals surface area contributed by atoms with E-state index in [1.807, 2.05) is 38.4 Å². The van der Waals surface area contributed by atoms with Gasteiger partial charge >= 0.3 is 0 Å². The molecule has 1 amide bonds. The zero-order valence-electron chi connectivity index (χ0n) is 16.7. The van der Waals surface area contributed by atoms with Crippen LogP contribution in [0.1, 0.15) is 5.56 Å². The van der Waals surface area contributed by atoms with Crippen LogP contribution in [0.4, 0.5) is 15.8 Å². The Balaban J connectivity index is 0.000000253. The molecule has 0 unspecified atom stereocenters. The third-order valence-electron chi connectivity index (χ3n) is 4.12. The molecule has 0 fully saturated rings. The van der Waals surface area contributed by atoms with Crippen molar-refractivity contribution in [2.75, 3.05) is 44.0 Å². The van der Waals surface area contributed by atoms with Crippen molar-refractivity contribution in [1.29, 1.82) is 0 Å². The van der Waals surface area contributed by atoms with E-state index >= 15 is 0 Å². The standard InChI is InChI=1S/C13H18N4O2.C8H10FN/c1-15-7-10(14)8-17-4-5-19-13-3-2-11(16-9-18)6-12(13)17;1-10-6-7-3-2-4-8(9)5-7/h2-3,6-7,9,15H,4-5,8,14H2,1H3,(H,16,18);2-5,10H,6H2,1H3/b10-7-;. The molecule has 1 heterocycles. The van der Waals surface area contributed by atoms with Crippen LogP contribution in [0.3, 0.4) is 0 Å². The van der Waals surface area contributed by atoms with Gasteiger partial charge in [-0.3, -0.25) is 4.79 Å². The summed E-state index contributed by atoms with van der Waals surface area (Å²) in [5, 5.41) is 8.49. The van der Waals surface area contributed by atoms with Gasteiger partial charge in [-0.1, -0.05) is 12.1 Å². The van der Waals surface area contributed by atoms with Crippen molar-refractivity contribution in [3.8, 4) is 5.75 Å². The normalized spacial score (nSPS) is 12.8. The van der Waals surface area contributed by atoms with Gasteiger partial charge in [0.1, 0.15) is 18.2 Å². The number of nitrogens with two attached hydrogens (primary N) is 1. The molecule has 8 heteroatoms. The van der Waals surface area contributed by atoms with Crippen molar-refractivity contribution < 1.29 is 13.9 Å². The molecule has 1 aliphatic heterocycles. The molecule has 0 bridgehead atoms. The lowest BCUT2D eigenvalue weighted by Crippen LogP contribution is -2.36. The summed E-state index contributed by atoms with van der Waals surface area (Å²) in [5.41, 5.74) is 9.30. The second-order valence-corrected chi connectivity index (χ2v) is 6.38. The Hall–Kier alpha value is -3.26. The summed E-state index contributed by atoms with van der Waals surface area (Å²) in [5.74, 6) is 0.632. The molecule has 0 saturated heterocycles. The first-order valence-electron chi connectivity index (χ1n) is 9.30. The van der Waals surface area contributed by atoms with Gasteiger partial charge in [0.05, 0.1) is 18.8 Å². The second kappa shape index (κ2) is 11.6. The minimum absolute atomic E-state index is 0.173. The topological polar surface area (TPSA) is 91.7 Å². The average Bonchev–Trinajstić information content (AvgIpc) is 2.70. The number of anilines is 2. The summed E-state index contributed by atoms with van der Waals surface area (Å²) in [6.07, 6.45) is 2.42. The quantitative estimate of drug-likeness (QED) is 0.531. The summed E-state index contributed by atoms with van der Waals surface area (Å²) in [6, 6.07) is 12.1. The van der Waals surface area contributed by atoms with Gasteiger partial charge in [0.2, 0.25) is 6.41 Å². The van der Waals surface area contributed by atoms with Crippen molar-refractivity contribution in [2.24, 2.45) is 5.73 Å². The maximum absolute atomic E-state index is 12.5. The highest BCUT2D eigenvalue weighted by Crippen LogP contribution is 2.34. The van der Waals surface area contributed by atoms with E-state index in [2.05, 4.69) is 20.9 Å². The van der Waals surface area contributed by atoms with Gasteiger partial charge in [-0.2, -0.15) is 0 Å². The molecule has 7 nitrogen and oxygen atoms in total. The number of nitrogens with one attached hydrogen (secondary N) is 3. The predicted molar refractivity (Wildman–Crippen MR) is 114 cm³/mol. The zero-order chi connectivity index (χ0) is 21.1. The highest BCUT2D eigenvalue weighted by molar-refractivity contribution is 5.76. The average molecular weight is 401 g/mol. The SMILES string of the molecule is CN/C=C(\N)CN1CCOc2ccc(NC=O)cc21.CNCc1cccc(F)c1. The van der Waals surface area contributed by atoms with Gasteiger partial charge < -0.3 is 31.3 Å². The van der Waals surface area contributed by atoms with Crippen LogP contribution in [0.15, 0.2) is 54.4 Å². The number of halogens is 1. The lowest BCUT2D eigenvalue weighted by atomic mass is 10.2. The van der Waals surface area contributed by atoms with E-state index in [0.29, 0.717) is 19.6 Å². The number of fused-ring (bicyclic) bond motifs is 1. The van der Waals surface area contributed by atoms with Gasteiger partial charge in [-0.15, -0.1) is 0 Å². The largest absolute Gasteiger partial charge is 0.490 e. The van der Waals surface area contributed by atoms with E-state index < -0.39 is 0 Å². The number of nitrogens with zero attached hydrogens (tertiary/aromatic N) is 1. The number of benzene rings is 2. The van der Waals surface area contributed by atoms with E-state index in [4.69, 9.17) is 10.5 Å². The van der Waals surface area contributed by atoms with Gasteiger partial charge in [0.25, 0.3) is 0 Å². The molecular weight excluding hydrogens is 373 g/mol. The van der Waals surface area contributed by atoms with Crippen LogP contribution >= 0.6 is 0 Å². The highest BCUT2D eigenvalue weighted by atomic mass is 19.1. The number of carbonyl (C=O) groups excluding carboxylic acids is 1. The fraction of sp³-hybridized carbons (Fsp3) is 0.286. The van der Waals surface area contributed by atoms with Crippen molar-refractivity contribution in [3.05, 3.63) is 65.7 Å². The second-order valence-electron chi connectivity index (χ2n) is 6.38. The van der Waals surface area contributed by atoms with E-state index in [0.717, 1.165) is 41.5 Å². The zero-order valence-corrected chi connectivity index (χ0v) is 16.7. The predicted octanol–water partition coefficient (Wildman–Crippen LogP) is 2.02. The molecule has 0 saturated carbocycles. The molecule has 1 aliphatic rings. The Bertz CT molecular complexity index is 828. The first kappa shape index (κ1) is 22.0. The Morgan fingerprint density at radius 1 is 1.28 bits per heavy atom. The molecule has 2 aromatic rings. The Morgan fingerprint density at radius 3 is 2.79 bits per heavy atom. The van der Waals surface area contributed by atoms with Crippen LogP contribution < -0.4 is 31.3 Å². The van der Waals surface area contributed by atoms with Crippen molar-refractivity contribution in [1.82, 2.24) is 10.6 Å². The fourth-order valence-corrected chi connectivity index (χ4v) is 2.90. The molecule has 29 heavy (non-hydrogen) atoms. The van der Waals surface area contributed by atoms with Crippen LogP contribution in [0.25, 0.3) is 0 Å². The van der Waals surface area contributed by atoms with Crippen LogP contribution in [-0.2, 0) is 11.3 Å². The van der Waals surface area contributed by atoms with E-state index in [1.54, 1.807) is 12.3 Å². The van der Waals surface area contributed by atoms with Gasteiger partial charge in [-0.25, -0.2) is 4.39 Å². The molecule has 3 rings (SSSR count). The van der Waals surface area contributed by atoms with Crippen LogP contribution in [0, 0.1) is 5.82 Å². The molecule has 0 spiro atoms. The number of carbonyl (C=O) groups is 1. The molecule has 0 aliphatic carbocycles. The lowest BCUT2D eigenvalue weighted by molar-refractivity contribution is -0.105. The summed E-state index contributed by atoms with van der Waals surface area (Å²) in [7, 11) is 3.65. The first-order chi connectivity index (χ1) is 14.1. The van der Waals surface area contributed by atoms with Crippen LogP contribution in [0.2, 0.25) is 0 Å². The minimum atomic E-state index is -0.173. The lowest BCUT2D eigenvalue weighted by Gasteiger charge is -2.31. The monoisotopic (exact) mass is 401 g/mol. The Morgan fingerprint density at radius 2 is 2.10 bits per heavy atom. The maximum atomic E-state index is 12.5. The summed E-state index contributed by atoms with van der Waals surface area (Å²) in [6.45, 7) is 2.72. The van der Waals surface area contributed by atoms with E-state index in [1.165, 1.54) is 12.1 Å². The number of amides is 1. The van der Waals surface area contributed by atoms with Gasteiger partial charge in [0.15, 0.2) is 0 Å². The third-order valence-corrected chi connectivity index (χ3v) is 4.12. The van der Waals surface area contributed by atoms with Crippen molar-refractivity contribution >= 4 is 17.8 Å². The summed E-state index contributed by atoms with van der Waals surface area (Å²) < 4.78 is 18.1. The van der Waals surface area contributed by atoms with E-state index in [9.17, 15) is 9.18 Å². The molecule has 156 valence electrons. The van der Waals surface area contributed by atoms with Gasteiger partial charge in [0, 0.05) is 31.2 Å². The minimum Gasteiger partial charge on any atom is -0.490 e. The van der Waals surface area contributed by atoms with E-state index in [-0.39, 0.29) is 5.82 Å². The molecule has 2 aromatic carbocycles. The molecule has 0 aromatic heterocycles. The van der Waals surface area contributed by atoms with Crippen molar-refractivity contribution in [2.45, 2.75) is 6.54 Å². The summed E-state index contributed by atoms with van der Waals surface area (Å²) >= 11 is 0. The first-order valence-corrected chi connectivity index (χ1v) is 9.30. The Labute approximate surface area is 170 Å². The van der Waals surface area contributed by atoms with Crippen molar-refractivity contribution in [3.63, 3.8) is 0 Å². The summed E-state index contributed by atoms with van der Waals surface area (Å²) in [4.78, 5) is 12.6. The smallest absolute Gasteiger partial charge is 0.211 e. The molecule has 5 N–H and O–H groups in total. The molecule has 0 atom stereocenters. The molecule has 0 radical (unpaired) electrons. The highest BCUT2D eigenvalue weighted by Gasteiger charge is 2.18. The number of ether oxygens (including phenoxy) is 1. The van der Waals surface area contributed by atoms with Gasteiger partial charge in [-0.05, 0) is 42.9 Å². The fourth-order valence-electron chi connectivity index (χ4n) is 2.90.